The van der Waals surface area contributed by atoms with Crippen LogP contribution in [0, 0.1) is 0 Å². The highest BCUT2D eigenvalue weighted by Gasteiger charge is 2.31. The molecule has 0 amide bonds. The largest absolute Gasteiger partial charge is 0.343 e. The Hall–Kier alpha value is -3.94. The first-order valence-electron chi connectivity index (χ1n) is 9.94. The molecule has 8 nitrogen and oxygen atoms in total. The van der Waals surface area contributed by atoms with Crippen molar-refractivity contribution in [2.45, 2.75) is 18.9 Å². The van der Waals surface area contributed by atoms with Crippen molar-refractivity contribution < 1.29 is 0 Å². The summed E-state index contributed by atoms with van der Waals surface area (Å²) in [5, 5.41) is 12.4. The maximum absolute atomic E-state index is 12.4. The molecule has 1 aliphatic rings. The second-order valence-electron chi connectivity index (χ2n) is 7.67. The van der Waals surface area contributed by atoms with E-state index in [-0.39, 0.29) is 11.7 Å². The third-order valence-electron chi connectivity index (χ3n) is 5.61. The molecule has 0 bridgehead atoms. The van der Waals surface area contributed by atoms with E-state index in [9.17, 15) is 4.79 Å². The number of hydrogen-bond donors (Lipinski definition) is 2. The highest BCUT2D eigenvalue weighted by Crippen LogP contribution is 2.39. The van der Waals surface area contributed by atoms with Gasteiger partial charge in [-0.1, -0.05) is 42.5 Å². The number of imidazole rings is 1. The van der Waals surface area contributed by atoms with Crippen molar-refractivity contribution in [3.8, 4) is 34.2 Å². The van der Waals surface area contributed by atoms with E-state index in [1.807, 2.05) is 60.4 Å². The Kier molecular flexibility index (Phi) is 3.55. The first-order valence-corrected chi connectivity index (χ1v) is 9.94. The minimum Gasteiger partial charge on any atom is -0.335 e. The molecule has 0 aliphatic heterocycles. The Morgan fingerprint density at radius 3 is 2.70 bits per heavy atom. The van der Waals surface area contributed by atoms with Crippen molar-refractivity contribution in [3.63, 3.8) is 0 Å². The van der Waals surface area contributed by atoms with Gasteiger partial charge in [-0.05, 0) is 18.9 Å². The predicted octanol–water partition coefficient (Wildman–Crippen LogP) is 3.52. The number of aryl methyl sites for hydroxylation is 1. The highest BCUT2D eigenvalue weighted by atomic mass is 16.1. The van der Waals surface area contributed by atoms with E-state index in [0.717, 1.165) is 52.1 Å². The van der Waals surface area contributed by atoms with Gasteiger partial charge in [0.2, 0.25) is 0 Å². The van der Waals surface area contributed by atoms with Gasteiger partial charge in [-0.15, -0.1) is 0 Å². The van der Waals surface area contributed by atoms with Gasteiger partial charge < -0.3 is 4.98 Å². The van der Waals surface area contributed by atoms with Crippen molar-refractivity contribution in [1.29, 1.82) is 0 Å². The second-order valence-corrected chi connectivity index (χ2v) is 7.67. The maximum atomic E-state index is 12.4. The number of fused-ring (bicyclic) bond motifs is 1. The number of nitrogens with one attached hydrogen (secondary N) is 2. The lowest BCUT2D eigenvalue weighted by Crippen LogP contribution is -2.16. The van der Waals surface area contributed by atoms with Crippen molar-refractivity contribution in [1.82, 2.24) is 34.5 Å². The quantitative estimate of drug-likeness (QED) is 0.485. The maximum Gasteiger partial charge on any atom is 0.343 e. The van der Waals surface area contributed by atoms with Crippen LogP contribution in [0.5, 0.6) is 0 Å². The second kappa shape index (κ2) is 6.28. The van der Waals surface area contributed by atoms with Crippen LogP contribution in [-0.4, -0.2) is 34.5 Å². The lowest BCUT2D eigenvalue weighted by atomic mass is 10.1. The summed E-state index contributed by atoms with van der Waals surface area (Å²) in [6.07, 6.45) is 3.82. The first kappa shape index (κ1) is 17.0. The van der Waals surface area contributed by atoms with Crippen LogP contribution in [0.3, 0.4) is 0 Å². The lowest BCUT2D eigenvalue weighted by molar-refractivity contribution is 0.715. The van der Waals surface area contributed by atoms with E-state index in [4.69, 9.17) is 4.98 Å². The minimum absolute atomic E-state index is 0.184. The standard InChI is InChI=1S/C22H19N7O/c1-28-17-11-14(7-8-15(17)12-23-28)18-19(21-26-27-22(30)29(21)16-9-10-16)25-20(24-18)13-5-3-2-4-6-13/h2-8,11-12,16H,9-10H2,1H3,(H,24,25)(H,27,30). The summed E-state index contributed by atoms with van der Waals surface area (Å²) in [5.41, 5.74) is 4.25. The van der Waals surface area contributed by atoms with Crippen LogP contribution in [0.1, 0.15) is 18.9 Å². The number of benzene rings is 2. The average molecular weight is 397 g/mol. The molecule has 3 heterocycles. The summed E-state index contributed by atoms with van der Waals surface area (Å²) in [7, 11) is 1.92. The summed E-state index contributed by atoms with van der Waals surface area (Å²) in [4.78, 5) is 20.8. The fourth-order valence-corrected chi connectivity index (χ4v) is 3.92. The number of aromatic amines is 2. The molecular weight excluding hydrogens is 378 g/mol. The van der Waals surface area contributed by atoms with Gasteiger partial charge >= 0.3 is 5.69 Å². The van der Waals surface area contributed by atoms with E-state index in [2.05, 4.69) is 26.3 Å². The van der Waals surface area contributed by atoms with Gasteiger partial charge in [0.1, 0.15) is 17.2 Å². The van der Waals surface area contributed by atoms with Crippen LogP contribution in [0.2, 0.25) is 0 Å². The van der Waals surface area contributed by atoms with Crippen LogP contribution in [-0.2, 0) is 7.05 Å². The van der Waals surface area contributed by atoms with Crippen molar-refractivity contribution in [2.24, 2.45) is 7.05 Å². The van der Waals surface area contributed by atoms with Gasteiger partial charge in [0, 0.05) is 29.6 Å². The molecule has 0 unspecified atom stereocenters. The van der Waals surface area contributed by atoms with Gasteiger partial charge in [0.15, 0.2) is 5.82 Å². The molecule has 0 saturated heterocycles. The Morgan fingerprint density at radius 1 is 1.07 bits per heavy atom. The normalized spacial score (nSPS) is 13.9. The molecule has 3 aromatic heterocycles. The molecule has 30 heavy (non-hydrogen) atoms. The molecular formula is C22H19N7O. The zero-order valence-electron chi connectivity index (χ0n) is 16.3. The number of hydrogen-bond acceptors (Lipinski definition) is 4. The predicted molar refractivity (Wildman–Crippen MR) is 114 cm³/mol. The van der Waals surface area contributed by atoms with Gasteiger partial charge in [0.05, 0.1) is 11.7 Å². The molecule has 148 valence electrons. The molecule has 1 fully saturated rings. The van der Waals surface area contributed by atoms with E-state index in [1.54, 1.807) is 4.57 Å². The molecule has 1 saturated carbocycles. The Bertz CT molecular complexity index is 1430. The molecule has 0 spiro atoms. The molecule has 0 atom stereocenters. The third kappa shape index (κ3) is 2.61. The highest BCUT2D eigenvalue weighted by molar-refractivity contribution is 5.87. The topological polar surface area (TPSA) is 97.2 Å². The zero-order chi connectivity index (χ0) is 20.2. The van der Waals surface area contributed by atoms with Crippen LogP contribution < -0.4 is 5.69 Å². The number of rotatable bonds is 4. The van der Waals surface area contributed by atoms with Crippen LogP contribution >= 0.6 is 0 Å². The van der Waals surface area contributed by atoms with E-state index < -0.39 is 0 Å². The van der Waals surface area contributed by atoms with E-state index in [0.29, 0.717) is 5.82 Å². The fourth-order valence-electron chi connectivity index (χ4n) is 3.92. The number of aromatic nitrogens is 7. The first-order chi connectivity index (χ1) is 14.7. The fraction of sp³-hybridized carbons (Fsp3) is 0.182. The van der Waals surface area contributed by atoms with E-state index >= 15 is 0 Å². The number of H-pyrrole nitrogens is 2. The SMILES string of the molecule is Cn1ncc2ccc(-c3nc(-c4ccccc4)[nH]c3-c3n[nH]c(=O)n3C3CC3)cc21. The molecule has 2 N–H and O–H groups in total. The summed E-state index contributed by atoms with van der Waals surface area (Å²) < 4.78 is 3.59. The molecule has 2 aromatic carbocycles. The molecule has 0 radical (unpaired) electrons. The molecule has 5 aromatic rings. The smallest absolute Gasteiger partial charge is 0.335 e. The zero-order valence-corrected chi connectivity index (χ0v) is 16.3. The van der Waals surface area contributed by atoms with Gasteiger partial charge in [-0.25, -0.2) is 14.9 Å². The lowest BCUT2D eigenvalue weighted by Gasteiger charge is -2.05. The summed E-state index contributed by atoms with van der Waals surface area (Å²) in [5.74, 6) is 1.33. The minimum atomic E-state index is -0.184. The molecule has 1 aliphatic carbocycles. The third-order valence-corrected chi connectivity index (χ3v) is 5.61. The monoisotopic (exact) mass is 397 g/mol. The van der Waals surface area contributed by atoms with Crippen LogP contribution in [0.4, 0.5) is 0 Å². The van der Waals surface area contributed by atoms with E-state index in [1.165, 1.54) is 0 Å². The van der Waals surface area contributed by atoms with Gasteiger partial charge in [0.25, 0.3) is 0 Å². The average Bonchev–Trinajstić information content (AvgIpc) is 3.22. The van der Waals surface area contributed by atoms with Crippen LogP contribution in [0.15, 0.2) is 59.5 Å². The summed E-state index contributed by atoms with van der Waals surface area (Å²) in [6, 6.07) is 16.3. The Labute approximate surface area is 171 Å². The molecule has 6 rings (SSSR count). The van der Waals surface area contributed by atoms with Crippen molar-refractivity contribution >= 4 is 10.9 Å². The van der Waals surface area contributed by atoms with Crippen LogP contribution in [0.25, 0.3) is 45.1 Å². The number of nitrogens with zero attached hydrogens (tertiary/aromatic N) is 5. The molecule has 8 heteroatoms. The van der Waals surface area contributed by atoms with Crippen molar-refractivity contribution in [3.05, 3.63) is 65.2 Å². The summed E-state index contributed by atoms with van der Waals surface area (Å²) in [6.45, 7) is 0. The Morgan fingerprint density at radius 2 is 1.90 bits per heavy atom. The Balaban J connectivity index is 1.60. The van der Waals surface area contributed by atoms with Gasteiger partial charge in [-0.2, -0.15) is 10.2 Å². The van der Waals surface area contributed by atoms with Crippen molar-refractivity contribution in [2.75, 3.05) is 0 Å². The van der Waals surface area contributed by atoms with Gasteiger partial charge in [-0.3, -0.25) is 9.25 Å². The summed E-state index contributed by atoms with van der Waals surface area (Å²) >= 11 is 0.